The Morgan fingerprint density at radius 3 is 2.77 bits per heavy atom. The molecule has 1 N–H and O–H groups in total. The van der Waals surface area contributed by atoms with Crippen molar-refractivity contribution in [3.63, 3.8) is 0 Å². The Kier molecular flexibility index (Phi) is 5.27. The normalized spacial score (nSPS) is 10.9. The molecular formula is C17H19N5O3S. The molecule has 2 aromatic heterocycles. The summed E-state index contributed by atoms with van der Waals surface area (Å²) in [5.74, 6) is 2.45. The minimum Gasteiger partial charge on any atom is -0.494 e. The maximum absolute atomic E-state index is 12.4. The van der Waals surface area contributed by atoms with Crippen LogP contribution < -0.4 is 16.0 Å². The molecule has 8 nitrogen and oxygen atoms in total. The van der Waals surface area contributed by atoms with Gasteiger partial charge < -0.3 is 9.30 Å². The molecule has 0 radical (unpaired) electrons. The maximum Gasteiger partial charge on any atom is 0.328 e. The van der Waals surface area contributed by atoms with Gasteiger partial charge in [0.05, 0.1) is 7.11 Å². The molecule has 136 valence electrons. The molecule has 0 fully saturated rings. The summed E-state index contributed by atoms with van der Waals surface area (Å²) in [6, 6.07) is 7.36. The van der Waals surface area contributed by atoms with Gasteiger partial charge in [-0.3, -0.25) is 9.78 Å². The summed E-state index contributed by atoms with van der Waals surface area (Å²) in [6.45, 7) is 0. The first-order valence-corrected chi connectivity index (χ1v) is 9.33. The van der Waals surface area contributed by atoms with E-state index in [9.17, 15) is 9.59 Å². The Labute approximate surface area is 153 Å². The highest BCUT2D eigenvalue weighted by Crippen LogP contribution is 2.26. The summed E-state index contributed by atoms with van der Waals surface area (Å²) >= 11 is 1.69. The first kappa shape index (κ1) is 18.0. The summed E-state index contributed by atoms with van der Waals surface area (Å²) in [5, 5.41) is 4.57. The third-order valence-corrected chi connectivity index (χ3v) is 4.46. The lowest BCUT2D eigenvalue weighted by Crippen LogP contribution is -2.29. The Morgan fingerprint density at radius 2 is 2.04 bits per heavy atom. The van der Waals surface area contributed by atoms with Crippen LogP contribution in [0.2, 0.25) is 0 Å². The van der Waals surface area contributed by atoms with Crippen LogP contribution in [0.5, 0.6) is 5.75 Å². The molecule has 26 heavy (non-hydrogen) atoms. The van der Waals surface area contributed by atoms with Crippen LogP contribution in [0.3, 0.4) is 0 Å². The molecule has 3 rings (SSSR count). The number of methoxy groups -OCH3 is 1. The quantitative estimate of drug-likeness (QED) is 0.698. The number of H-pyrrole nitrogens is 1. The van der Waals surface area contributed by atoms with Crippen molar-refractivity contribution >= 4 is 11.8 Å². The van der Waals surface area contributed by atoms with Gasteiger partial charge in [0, 0.05) is 25.4 Å². The first-order valence-electron chi connectivity index (χ1n) is 7.93. The number of aromatic amines is 1. The molecule has 1 aromatic carbocycles. The van der Waals surface area contributed by atoms with Gasteiger partial charge in [-0.15, -0.1) is 0 Å². The van der Waals surface area contributed by atoms with E-state index in [4.69, 9.17) is 4.74 Å². The number of para-hydroxylation sites is 2. The van der Waals surface area contributed by atoms with Gasteiger partial charge in [-0.1, -0.05) is 12.1 Å². The molecule has 0 saturated carbocycles. The molecule has 9 heteroatoms. The summed E-state index contributed by atoms with van der Waals surface area (Å²) in [5.41, 5.74) is -0.0557. The lowest BCUT2D eigenvalue weighted by atomic mass is 10.2. The van der Waals surface area contributed by atoms with Crippen molar-refractivity contribution in [1.82, 2.24) is 24.3 Å². The average molecular weight is 373 g/mol. The van der Waals surface area contributed by atoms with Gasteiger partial charge in [-0.25, -0.2) is 14.5 Å². The highest BCUT2D eigenvalue weighted by atomic mass is 32.2. The monoisotopic (exact) mass is 373 g/mol. The Hall–Kier alpha value is -2.81. The Morgan fingerprint density at radius 1 is 1.27 bits per heavy atom. The molecule has 0 unspecified atom stereocenters. The van der Waals surface area contributed by atoms with E-state index in [1.54, 1.807) is 30.6 Å². The number of aryl methyl sites for hydroxylation is 2. The van der Waals surface area contributed by atoms with Crippen LogP contribution in [0.25, 0.3) is 17.1 Å². The van der Waals surface area contributed by atoms with Crippen LogP contribution in [0.1, 0.15) is 5.82 Å². The number of aromatic nitrogens is 5. The standard InChI is InChI=1S/C17H19N5O3S/c1-21-10-11(16(23)19-17(21)24)15-18-14(8-9-26-3)20-22(15)12-6-4-5-7-13(12)25-2/h4-7,10H,8-9H2,1-3H3,(H,19,23,24). The molecule has 0 amide bonds. The number of hydrogen-bond acceptors (Lipinski definition) is 6. The van der Waals surface area contributed by atoms with Crippen molar-refractivity contribution in [3.05, 3.63) is 57.1 Å². The second-order valence-electron chi connectivity index (χ2n) is 5.59. The predicted molar refractivity (Wildman–Crippen MR) is 101 cm³/mol. The van der Waals surface area contributed by atoms with Gasteiger partial charge in [-0.2, -0.15) is 16.9 Å². The van der Waals surface area contributed by atoms with Crippen LogP contribution in [0.15, 0.2) is 40.1 Å². The number of nitrogens with one attached hydrogen (secondary N) is 1. The Bertz CT molecular complexity index is 1040. The van der Waals surface area contributed by atoms with Crippen molar-refractivity contribution in [3.8, 4) is 22.8 Å². The van der Waals surface area contributed by atoms with Crippen molar-refractivity contribution in [1.29, 1.82) is 0 Å². The van der Waals surface area contributed by atoms with Crippen molar-refractivity contribution in [2.45, 2.75) is 6.42 Å². The summed E-state index contributed by atoms with van der Waals surface area (Å²) in [4.78, 5) is 30.9. The largest absolute Gasteiger partial charge is 0.494 e. The summed E-state index contributed by atoms with van der Waals surface area (Å²) in [6.07, 6.45) is 4.14. The second-order valence-corrected chi connectivity index (χ2v) is 6.58. The molecule has 0 aliphatic rings. The molecule has 0 atom stereocenters. The van der Waals surface area contributed by atoms with Crippen molar-refractivity contribution < 1.29 is 4.74 Å². The number of nitrogens with zero attached hydrogens (tertiary/aromatic N) is 4. The summed E-state index contributed by atoms with van der Waals surface area (Å²) < 4.78 is 8.31. The first-order chi connectivity index (χ1) is 12.5. The second kappa shape index (κ2) is 7.61. The third-order valence-electron chi connectivity index (χ3n) is 3.84. The van der Waals surface area contributed by atoms with E-state index in [-0.39, 0.29) is 5.56 Å². The van der Waals surface area contributed by atoms with Crippen LogP contribution in [0.4, 0.5) is 0 Å². The lowest BCUT2D eigenvalue weighted by Gasteiger charge is -2.10. The predicted octanol–water partition coefficient (Wildman–Crippen LogP) is 1.24. The summed E-state index contributed by atoms with van der Waals surface area (Å²) in [7, 11) is 3.14. The van der Waals surface area contributed by atoms with E-state index in [1.165, 1.54) is 10.8 Å². The zero-order chi connectivity index (χ0) is 18.7. The van der Waals surface area contributed by atoms with Crippen LogP contribution in [-0.4, -0.2) is 43.4 Å². The lowest BCUT2D eigenvalue weighted by molar-refractivity contribution is 0.412. The van der Waals surface area contributed by atoms with Gasteiger partial charge in [0.25, 0.3) is 5.56 Å². The Balaban J connectivity index is 2.24. The van der Waals surface area contributed by atoms with Crippen LogP contribution in [-0.2, 0) is 13.5 Å². The number of hydrogen-bond donors (Lipinski definition) is 1. The molecule has 0 bridgehead atoms. The van der Waals surface area contributed by atoms with Crippen molar-refractivity contribution in [2.24, 2.45) is 7.05 Å². The zero-order valence-electron chi connectivity index (χ0n) is 14.7. The molecule has 0 aliphatic carbocycles. The highest BCUT2D eigenvalue weighted by molar-refractivity contribution is 7.98. The fraction of sp³-hybridized carbons (Fsp3) is 0.294. The van der Waals surface area contributed by atoms with Crippen LogP contribution in [0, 0.1) is 0 Å². The number of rotatable bonds is 6. The van der Waals surface area contributed by atoms with Gasteiger partial charge in [0.15, 0.2) is 11.6 Å². The molecule has 0 aliphatic heterocycles. The minimum absolute atomic E-state index is 0.265. The fourth-order valence-corrected chi connectivity index (χ4v) is 2.91. The van der Waals surface area contributed by atoms with Gasteiger partial charge in [-0.05, 0) is 18.4 Å². The molecule has 3 aromatic rings. The SMILES string of the molecule is COc1ccccc1-n1nc(CCSC)nc1-c1cn(C)c(=O)[nH]c1=O. The zero-order valence-corrected chi connectivity index (χ0v) is 15.5. The number of benzene rings is 1. The highest BCUT2D eigenvalue weighted by Gasteiger charge is 2.19. The molecule has 0 saturated heterocycles. The van der Waals surface area contributed by atoms with E-state index < -0.39 is 11.2 Å². The average Bonchev–Trinajstić information content (AvgIpc) is 3.06. The molecule has 2 heterocycles. The van der Waals surface area contributed by atoms with Crippen LogP contribution >= 0.6 is 11.8 Å². The fourth-order valence-electron chi connectivity index (χ4n) is 2.52. The van der Waals surface area contributed by atoms with Gasteiger partial charge in [0.1, 0.15) is 17.0 Å². The molecule has 0 spiro atoms. The minimum atomic E-state index is -0.506. The number of ether oxygens (including phenoxy) is 1. The smallest absolute Gasteiger partial charge is 0.328 e. The van der Waals surface area contributed by atoms with E-state index in [0.717, 1.165) is 5.75 Å². The third kappa shape index (κ3) is 3.43. The maximum atomic E-state index is 12.4. The topological polar surface area (TPSA) is 94.8 Å². The molecular weight excluding hydrogens is 354 g/mol. The van der Waals surface area contributed by atoms with E-state index in [0.29, 0.717) is 29.5 Å². The van der Waals surface area contributed by atoms with E-state index >= 15 is 0 Å². The van der Waals surface area contributed by atoms with Gasteiger partial charge >= 0.3 is 5.69 Å². The van der Waals surface area contributed by atoms with E-state index in [2.05, 4.69) is 15.1 Å². The van der Waals surface area contributed by atoms with E-state index in [1.807, 2.05) is 30.5 Å². The number of thioether (sulfide) groups is 1. The van der Waals surface area contributed by atoms with Crippen molar-refractivity contribution in [2.75, 3.05) is 19.1 Å². The van der Waals surface area contributed by atoms with Gasteiger partial charge in [0.2, 0.25) is 0 Å².